The fourth-order valence-electron chi connectivity index (χ4n) is 4.00. The predicted molar refractivity (Wildman–Crippen MR) is 86.5 cm³/mol. The lowest BCUT2D eigenvalue weighted by atomic mass is 9.75. The number of carbonyl (C=O) groups excluding carboxylic acids is 1. The van der Waals surface area contributed by atoms with Crippen molar-refractivity contribution in [3.05, 3.63) is 17.7 Å². The average Bonchev–Trinajstić information content (AvgIpc) is 3.02. The maximum absolute atomic E-state index is 12.8. The van der Waals surface area contributed by atoms with Gasteiger partial charge < -0.3 is 9.88 Å². The van der Waals surface area contributed by atoms with Crippen molar-refractivity contribution in [1.29, 1.82) is 0 Å². The molecule has 0 unspecified atom stereocenters. The SMILES string of the molecule is CCCCN(C)C(=O)[C@@H]1Cc2[nH]cnc2C2(CCCCC2)N1. The van der Waals surface area contributed by atoms with Crippen LogP contribution in [0.2, 0.25) is 0 Å². The van der Waals surface area contributed by atoms with Gasteiger partial charge in [0.2, 0.25) is 5.91 Å². The van der Waals surface area contributed by atoms with Crippen LogP contribution in [-0.4, -0.2) is 40.4 Å². The Morgan fingerprint density at radius 3 is 2.91 bits per heavy atom. The molecule has 1 aromatic heterocycles. The number of aromatic nitrogens is 2. The summed E-state index contributed by atoms with van der Waals surface area (Å²) in [6.45, 7) is 3.00. The summed E-state index contributed by atoms with van der Waals surface area (Å²) in [7, 11) is 1.93. The van der Waals surface area contributed by atoms with Crippen LogP contribution in [0.3, 0.4) is 0 Å². The van der Waals surface area contributed by atoms with Crippen LogP contribution in [0.4, 0.5) is 0 Å². The fourth-order valence-corrected chi connectivity index (χ4v) is 4.00. The number of likely N-dealkylation sites (N-methyl/N-ethyl adjacent to an activating group) is 1. The van der Waals surface area contributed by atoms with Crippen LogP contribution in [-0.2, 0) is 16.8 Å². The van der Waals surface area contributed by atoms with Crippen molar-refractivity contribution in [2.45, 2.75) is 69.9 Å². The Labute approximate surface area is 132 Å². The Balaban J connectivity index is 1.79. The molecule has 0 saturated heterocycles. The molecule has 2 N–H and O–H groups in total. The molecular formula is C17H28N4O. The standard InChI is InChI=1S/C17H28N4O/c1-3-4-10-21(2)16(22)14-11-13-15(19-12-18-13)17(20-14)8-6-5-7-9-17/h12,14,20H,3-11H2,1-2H3,(H,18,19)/t14-/m0/s1. The van der Waals surface area contributed by atoms with Gasteiger partial charge in [0.25, 0.3) is 0 Å². The van der Waals surface area contributed by atoms with E-state index < -0.39 is 0 Å². The Morgan fingerprint density at radius 2 is 2.18 bits per heavy atom. The molecule has 1 atom stereocenters. The minimum absolute atomic E-state index is 0.0856. The maximum atomic E-state index is 12.8. The number of nitrogens with one attached hydrogen (secondary N) is 2. The van der Waals surface area contributed by atoms with E-state index in [1.54, 1.807) is 6.33 Å². The average molecular weight is 304 g/mol. The number of carbonyl (C=O) groups is 1. The Bertz CT molecular complexity index is 518. The van der Waals surface area contributed by atoms with E-state index in [0.29, 0.717) is 0 Å². The summed E-state index contributed by atoms with van der Waals surface area (Å²) < 4.78 is 0. The smallest absolute Gasteiger partial charge is 0.239 e. The van der Waals surface area contributed by atoms with E-state index in [1.807, 2.05) is 11.9 Å². The third-order valence-corrected chi connectivity index (χ3v) is 5.26. The number of aromatic amines is 1. The summed E-state index contributed by atoms with van der Waals surface area (Å²) in [5.74, 6) is 0.221. The van der Waals surface area contributed by atoms with Gasteiger partial charge in [-0.05, 0) is 19.3 Å². The maximum Gasteiger partial charge on any atom is 0.239 e. The third kappa shape index (κ3) is 2.78. The second-order valence-corrected chi connectivity index (χ2v) is 6.89. The largest absolute Gasteiger partial charge is 0.348 e. The molecule has 1 amide bonds. The molecule has 1 spiro atoms. The van der Waals surface area contributed by atoms with Crippen molar-refractivity contribution < 1.29 is 4.79 Å². The van der Waals surface area contributed by atoms with Gasteiger partial charge in [-0.2, -0.15) is 0 Å². The van der Waals surface area contributed by atoms with Gasteiger partial charge in [0.05, 0.1) is 23.6 Å². The lowest BCUT2D eigenvalue weighted by Gasteiger charge is -2.44. The molecule has 0 aromatic carbocycles. The van der Waals surface area contributed by atoms with Gasteiger partial charge in [0.15, 0.2) is 0 Å². The van der Waals surface area contributed by atoms with Crippen LogP contribution in [0.5, 0.6) is 0 Å². The first-order valence-electron chi connectivity index (χ1n) is 8.72. The van der Waals surface area contributed by atoms with Crippen LogP contribution in [0, 0.1) is 0 Å². The molecule has 1 fully saturated rings. The van der Waals surface area contributed by atoms with Crippen molar-refractivity contribution in [2.24, 2.45) is 0 Å². The van der Waals surface area contributed by atoms with Gasteiger partial charge in [-0.3, -0.25) is 10.1 Å². The molecule has 2 heterocycles. The molecule has 0 bridgehead atoms. The number of amides is 1. The fraction of sp³-hybridized carbons (Fsp3) is 0.765. The van der Waals surface area contributed by atoms with Gasteiger partial charge in [0, 0.05) is 25.7 Å². The number of fused-ring (bicyclic) bond motifs is 2. The number of imidazole rings is 1. The van der Waals surface area contributed by atoms with Gasteiger partial charge in [-0.1, -0.05) is 32.6 Å². The lowest BCUT2D eigenvalue weighted by Crippen LogP contribution is -2.59. The van der Waals surface area contributed by atoms with E-state index in [0.717, 1.165) is 50.0 Å². The van der Waals surface area contributed by atoms with Gasteiger partial charge in [0.1, 0.15) is 0 Å². The zero-order chi connectivity index (χ0) is 15.6. The molecule has 5 nitrogen and oxygen atoms in total. The number of hydrogen-bond acceptors (Lipinski definition) is 3. The van der Waals surface area contributed by atoms with Crippen LogP contribution in [0.25, 0.3) is 0 Å². The molecule has 3 rings (SSSR count). The van der Waals surface area contributed by atoms with Crippen molar-refractivity contribution >= 4 is 5.91 Å². The topological polar surface area (TPSA) is 61.0 Å². The van der Waals surface area contributed by atoms with E-state index in [2.05, 4.69) is 22.2 Å². The molecule has 1 aliphatic heterocycles. The van der Waals surface area contributed by atoms with Gasteiger partial charge in [-0.25, -0.2) is 4.98 Å². The highest BCUT2D eigenvalue weighted by Gasteiger charge is 2.44. The number of nitrogens with zero attached hydrogens (tertiary/aromatic N) is 2. The molecule has 0 radical (unpaired) electrons. The molecule has 1 saturated carbocycles. The number of unbranched alkanes of at least 4 members (excludes halogenated alkanes) is 1. The minimum Gasteiger partial charge on any atom is -0.348 e. The second kappa shape index (κ2) is 6.41. The highest BCUT2D eigenvalue weighted by atomic mass is 16.2. The summed E-state index contributed by atoms with van der Waals surface area (Å²) in [5.41, 5.74) is 2.23. The zero-order valence-corrected chi connectivity index (χ0v) is 13.8. The van der Waals surface area contributed by atoms with E-state index in [-0.39, 0.29) is 17.5 Å². The van der Waals surface area contributed by atoms with E-state index in [4.69, 9.17) is 0 Å². The second-order valence-electron chi connectivity index (χ2n) is 6.89. The van der Waals surface area contributed by atoms with E-state index in [9.17, 15) is 4.79 Å². The molecule has 22 heavy (non-hydrogen) atoms. The van der Waals surface area contributed by atoms with Crippen molar-refractivity contribution in [1.82, 2.24) is 20.2 Å². The summed E-state index contributed by atoms with van der Waals surface area (Å²) in [6.07, 6.45) is 10.6. The quantitative estimate of drug-likeness (QED) is 0.897. The van der Waals surface area contributed by atoms with Crippen molar-refractivity contribution in [3.8, 4) is 0 Å². The first-order valence-corrected chi connectivity index (χ1v) is 8.72. The summed E-state index contributed by atoms with van der Waals surface area (Å²) in [5, 5.41) is 3.69. The van der Waals surface area contributed by atoms with Gasteiger partial charge in [-0.15, -0.1) is 0 Å². The Morgan fingerprint density at radius 1 is 1.41 bits per heavy atom. The number of hydrogen-bond donors (Lipinski definition) is 2. The summed E-state index contributed by atoms with van der Waals surface area (Å²) in [4.78, 5) is 22.5. The normalized spacial score (nSPS) is 23.3. The lowest BCUT2D eigenvalue weighted by molar-refractivity contribution is -0.133. The molecule has 5 heteroatoms. The van der Waals surface area contributed by atoms with Crippen molar-refractivity contribution in [3.63, 3.8) is 0 Å². The predicted octanol–water partition coefficient (Wildman–Crippen LogP) is 2.34. The van der Waals surface area contributed by atoms with Crippen LogP contribution in [0.1, 0.15) is 63.3 Å². The molecule has 2 aliphatic rings. The minimum atomic E-state index is -0.118. The zero-order valence-electron chi connectivity index (χ0n) is 13.8. The van der Waals surface area contributed by atoms with Crippen LogP contribution < -0.4 is 5.32 Å². The molecule has 1 aromatic rings. The molecular weight excluding hydrogens is 276 g/mol. The van der Waals surface area contributed by atoms with Gasteiger partial charge >= 0.3 is 0 Å². The summed E-state index contributed by atoms with van der Waals surface area (Å²) in [6, 6.07) is -0.118. The van der Waals surface area contributed by atoms with E-state index >= 15 is 0 Å². The van der Waals surface area contributed by atoms with Crippen LogP contribution in [0.15, 0.2) is 6.33 Å². The Kier molecular flexibility index (Phi) is 4.52. The highest BCUT2D eigenvalue weighted by Crippen LogP contribution is 2.40. The monoisotopic (exact) mass is 304 g/mol. The Hall–Kier alpha value is -1.36. The summed E-state index contributed by atoms with van der Waals surface area (Å²) >= 11 is 0. The molecule has 1 aliphatic carbocycles. The number of rotatable bonds is 4. The van der Waals surface area contributed by atoms with E-state index in [1.165, 1.54) is 19.3 Å². The highest BCUT2D eigenvalue weighted by molar-refractivity contribution is 5.82. The number of H-pyrrole nitrogens is 1. The van der Waals surface area contributed by atoms with Crippen molar-refractivity contribution in [2.75, 3.05) is 13.6 Å². The molecule has 122 valence electrons. The first kappa shape index (κ1) is 15.5. The third-order valence-electron chi connectivity index (χ3n) is 5.26. The van der Waals surface area contributed by atoms with Crippen LogP contribution >= 0.6 is 0 Å². The first-order chi connectivity index (χ1) is 10.7.